The number of methoxy groups -OCH3 is 1. The number of nitrogens with two attached hydrogens (primary N) is 1. The number of likely N-dealkylation sites (tertiary alicyclic amines) is 1. The molecule has 2 atom stereocenters. The predicted octanol–water partition coefficient (Wildman–Crippen LogP) is 0.436. The van der Waals surface area contributed by atoms with E-state index >= 15 is 0 Å². The van der Waals surface area contributed by atoms with Crippen LogP contribution in [0.1, 0.15) is 42.4 Å². The molecule has 23 heavy (non-hydrogen) atoms. The number of nitrogens with zero attached hydrogens (tertiary/aromatic N) is 5. The first kappa shape index (κ1) is 15.8. The van der Waals surface area contributed by atoms with E-state index in [-0.39, 0.29) is 24.0 Å². The van der Waals surface area contributed by atoms with E-state index in [1.807, 2.05) is 13.8 Å². The molecule has 2 aromatic rings. The molecule has 1 fully saturated rings. The SMILES string of the molecule is CO[C@@H]1CN(C(=O)c2cc(C(C)C)n3ncnc3n2)CC[C@@H]1N. The van der Waals surface area contributed by atoms with Crippen molar-refractivity contribution in [3.63, 3.8) is 0 Å². The first-order valence-corrected chi connectivity index (χ1v) is 7.79. The molecule has 0 radical (unpaired) electrons. The fourth-order valence-electron chi connectivity index (χ4n) is 2.89. The van der Waals surface area contributed by atoms with Crippen molar-refractivity contribution >= 4 is 11.7 Å². The summed E-state index contributed by atoms with van der Waals surface area (Å²) in [6.07, 6.45) is 2.02. The molecule has 1 saturated heterocycles. The van der Waals surface area contributed by atoms with Crippen LogP contribution in [0.15, 0.2) is 12.4 Å². The summed E-state index contributed by atoms with van der Waals surface area (Å²) >= 11 is 0. The van der Waals surface area contributed by atoms with Crippen LogP contribution in [0.3, 0.4) is 0 Å². The second-order valence-electron chi connectivity index (χ2n) is 6.17. The van der Waals surface area contributed by atoms with Gasteiger partial charge in [0.15, 0.2) is 0 Å². The van der Waals surface area contributed by atoms with Crippen LogP contribution in [-0.4, -0.2) is 62.7 Å². The van der Waals surface area contributed by atoms with Gasteiger partial charge in [-0.1, -0.05) is 13.8 Å². The summed E-state index contributed by atoms with van der Waals surface area (Å²) in [6.45, 7) is 5.18. The zero-order chi connectivity index (χ0) is 16.6. The highest BCUT2D eigenvalue weighted by molar-refractivity contribution is 5.93. The lowest BCUT2D eigenvalue weighted by Crippen LogP contribution is -2.53. The van der Waals surface area contributed by atoms with Crippen LogP contribution in [0, 0.1) is 0 Å². The van der Waals surface area contributed by atoms with Gasteiger partial charge >= 0.3 is 0 Å². The van der Waals surface area contributed by atoms with E-state index in [2.05, 4.69) is 15.1 Å². The van der Waals surface area contributed by atoms with Gasteiger partial charge in [0.2, 0.25) is 0 Å². The average Bonchev–Trinajstić information content (AvgIpc) is 3.01. The van der Waals surface area contributed by atoms with E-state index in [1.54, 1.807) is 22.6 Å². The van der Waals surface area contributed by atoms with E-state index in [0.717, 1.165) is 5.69 Å². The summed E-state index contributed by atoms with van der Waals surface area (Å²) in [5, 5.41) is 4.17. The molecule has 124 valence electrons. The minimum absolute atomic E-state index is 0.0396. The second-order valence-corrected chi connectivity index (χ2v) is 6.17. The van der Waals surface area contributed by atoms with Crippen LogP contribution in [0.4, 0.5) is 0 Å². The fraction of sp³-hybridized carbons (Fsp3) is 0.600. The summed E-state index contributed by atoms with van der Waals surface area (Å²) in [5.41, 5.74) is 7.31. The van der Waals surface area contributed by atoms with E-state index in [0.29, 0.717) is 31.0 Å². The average molecular weight is 318 g/mol. The van der Waals surface area contributed by atoms with Crippen molar-refractivity contribution in [1.82, 2.24) is 24.5 Å². The third-order valence-electron chi connectivity index (χ3n) is 4.29. The maximum atomic E-state index is 12.8. The van der Waals surface area contributed by atoms with Crippen LogP contribution < -0.4 is 5.73 Å². The van der Waals surface area contributed by atoms with Crippen molar-refractivity contribution in [3.05, 3.63) is 23.8 Å². The number of ether oxygens (including phenoxy) is 1. The number of carbonyl (C=O) groups is 1. The first-order valence-electron chi connectivity index (χ1n) is 7.79. The molecule has 0 unspecified atom stereocenters. The highest BCUT2D eigenvalue weighted by Gasteiger charge is 2.30. The van der Waals surface area contributed by atoms with Crippen LogP contribution in [0.5, 0.6) is 0 Å². The Morgan fingerprint density at radius 1 is 1.48 bits per heavy atom. The van der Waals surface area contributed by atoms with Crippen LogP contribution in [-0.2, 0) is 4.74 Å². The summed E-state index contributed by atoms with van der Waals surface area (Å²) < 4.78 is 7.05. The predicted molar refractivity (Wildman–Crippen MR) is 84.2 cm³/mol. The van der Waals surface area contributed by atoms with Gasteiger partial charge < -0.3 is 15.4 Å². The molecule has 1 amide bonds. The number of aromatic nitrogens is 4. The van der Waals surface area contributed by atoms with Crippen molar-refractivity contribution in [2.75, 3.05) is 20.2 Å². The number of hydrogen-bond donors (Lipinski definition) is 1. The molecule has 8 heteroatoms. The van der Waals surface area contributed by atoms with Gasteiger partial charge in [-0.2, -0.15) is 10.1 Å². The molecule has 3 heterocycles. The van der Waals surface area contributed by atoms with Gasteiger partial charge in [0.25, 0.3) is 11.7 Å². The van der Waals surface area contributed by atoms with Gasteiger partial charge in [0, 0.05) is 26.2 Å². The Balaban J connectivity index is 1.92. The molecule has 0 aromatic carbocycles. The largest absolute Gasteiger partial charge is 0.378 e. The fourth-order valence-corrected chi connectivity index (χ4v) is 2.89. The van der Waals surface area contributed by atoms with E-state index < -0.39 is 0 Å². The van der Waals surface area contributed by atoms with E-state index in [9.17, 15) is 4.79 Å². The number of amides is 1. The van der Waals surface area contributed by atoms with Gasteiger partial charge in [-0.3, -0.25) is 4.79 Å². The Bertz CT molecular complexity index is 713. The Morgan fingerprint density at radius 3 is 2.96 bits per heavy atom. The molecule has 0 spiro atoms. The number of fused-ring (bicyclic) bond motifs is 1. The van der Waals surface area contributed by atoms with Crippen molar-refractivity contribution in [3.8, 4) is 0 Å². The van der Waals surface area contributed by atoms with Gasteiger partial charge in [-0.05, 0) is 18.4 Å². The van der Waals surface area contributed by atoms with E-state index in [1.165, 1.54) is 6.33 Å². The maximum absolute atomic E-state index is 12.8. The molecular formula is C15H22N6O2. The highest BCUT2D eigenvalue weighted by Crippen LogP contribution is 2.19. The number of rotatable bonds is 3. The number of piperidine rings is 1. The van der Waals surface area contributed by atoms with Crippen molar-refractivity contribution in [1.29, 1.82) is 0 Å². The lowest BCUT2D eigenvalue weighted by Gasteiger charge is -2.35. The Kier molecular flexibility index (Phi) is 4.27. The van der Waals surface area contributed by atoms with Gasteiger partial charge in [-0.15, -0.1) is 0 Å². The molecule has 2 aromatic heterocycles. The van der Waals surface area contributed by atoms with Crippen molar-refractivity contribution in [2.45, 2.75) is 38.3 Å². The van der Waals surface area contributed by atoms with Gasteiger partial charge in [0.1, 0.15) is 12.0 Å². The van der Waals surface area contributed by atoms with Crippen LogP contribution in [0.2, 0.25) is 0 Å². The first-order chi connectivity index (χ1) is 11.0. The third kappa shape index (κ3) is 2.91. The summed E-state index contributed by atoms with van der Waals surface area (Å²) in [4.78, 5) is 23.0. The molecule has 3 rings (SSSR count). The molecule has 8 nitrogen and oxygen atoms in total. The quantitative estimate of drug-likeness (QED) is 0.881. The molecule has 0 bridgehead atoms. The van der Waals surface area contributed by atoms with E-state index in [4.69, 9.17) is 10.5 Å². The molecule has 1 aliphatic rings. The molecule has 0 aliphatic carbocycles. The van der Waals surface area contributed by atoms with Gasteiger partial charge in [0.05, 0.1) is 11.8 Å². The Morgan fingerprint density at radius 2 is 2.26 bits per heavy atom. The normalized spacial score (nSPS) is 22.0. The van der Waals surface area contributed by atoms with Crippen molar-refractivity contribution in [2.24, 2.45) is 5.73 Å². The topological polar surface area (TPSA) is 98.6 Å². The smallest absolute Gasteiger partial charge is 0.272 e. The van der Waals surface area contributed by atoms with Gasteiger partial charge in [-0.25, -0.2) is 9.50 Å². The lowest BCUT2D eigenvalue weighted by atomic mass is 10.0. The minimum Gasteiger partial charge on any atom is -0.378 e. The highest BCUT2D eigenvalue weighted by atomic mass is 16.5. The van der Waals surface area contributed by atoms with Crippen LogP contribution >= 0.6 is 0 Å². The maximum Gasteiger partial charge on any atom is 0.272 e. The zero-order valence-electron chi connectivity index (χ0n) is 13.6. The monoisotopic (exact) mass is 318 g/mol. The second kappa shape index (κ2) is 6.21. The minimum atomic E-state index is -0.144. The summed E-state index contributed by atoms with van der Waals surface area (Å²) in [6, 6.07) is 1.76. The molecule has 1 aliphatic heterocycles. The standard InChI is InChI=1S/C15H22N6O2/c1-9(2)12-6-11(19-15-17-8-18-21(12)15)14(22)20-5-4-10(16)13(7-20)23-3/h6,8-10,13H,4-5,7,16H2,1-3H3/t10-,13+/m0/s1. The Hall–Kier alpha value is -2.06. The zero-order valence-corrected chi connectivity index (χ0v) is 13.6. The van der Waals surface area contributed by atoms with Crippen molar-refractivity contribution < 1.29 is 9.53 Å². The number of hydrogen-bond acceptors (Lipinski definition) is 6. The summed E-state index contributed by atoms with van der Waals surface area (Å²) in [5.74, 6) is 0.526. The lowest BCUT2D eigenvalue weighted by molar-refractivity contribution is 0.0159. The molecule has 2 N–H and O–H groups in total. The third-order valence-corrected chi connectivity index (χ3v) is 4.29. The molecular weight excluding hydrogens is 296 g/mol. The van der Waals surface area contributed by atoms with Crippen LogP contribution in [0.25, 0.3) is 5.78 Å². The Labute approximate surface area is 134 Å². The number of carbonyl (C=O) groups excluding carboxylic acids is 1. The molecule has 0 saturated carbocycles. The summed E-state index contributed by atoms with van der Waals surface area (Å²) in [7, 11) is 1.62.